The van der Waals surface area contributed by atoms with Crippen LogP contribution in [0.3, 0.4) is 0 Å². The van der Waals surface area contributed by atoms with Crippen molar-refractivity contribution in [3.63, 3.8) is 0 Å². The van der Waals surface area contributed by atoms with Crippen molar-refractivity contribution < 1.29 is 0 Å². The highest BCUT2D eigenvalue weighted by molar-refractivity contribution is 6.30. The summed E-state index contributed by atoms with van der Waals surface area (Å²) < 4.78 is 0. The molecule has 2 aromatic carbocycles. The number of nitrogens with one attached hydrogen (secondary N) is 1. The van der Waals surface area contributed by atoms with Crippen LogP contribution in [-0.4, -0.2) is 28.3 Å². The smallest absolute Gasteiger partial charge is 0.247 e. The van der Waals surface area contributed by atoms with Gasteiger partial charge in [0.2, 0.25) is 5.95 Å². The standard InChI is InChI=1S/C21H22ClN5/c22-18-7-4-8-19(14-18)24-20-15-23-26-21(25-20)27-11-9-17(10-12-27)13-16-5-2-1-3-6-16/h1-8,14-15,17H,9-13H2,(H,24,25,26). The van der Waals surface area contributed by atoms with Gasteiger partial charge in [-0.05, 0) is 48.9 Å². The molecule has 5 nitrogen and oxygen atoms in total. The molecule has 1 aliphatic heterocycles. The summed E-state index contributed by atoms with van der Waals surface area (Å²) in [5.41, 5.74) is 2.30. The lowest BCUT2D eigenvalue weighted by Crippen LogP contribution is -2.35. The Balaban J connectivity index is 1.37. The van der Waals surface area contributed by atoms with Gasteiger partial charge in [-0.25, -0.2) is 0 Å². The van der Waals surface area contributed by atoms with Crippen molar-refractivity contribution in [2.45, 2.75) is 19.3 Å². The topological polar surface area (TPSA) is 53.9 Å². The van der Waals surface area contributed by atoms with E-state index in [0.717, 1.165) is 38.0 Å². The number of benzene rings is 2. The lowest BCUT2D eigenvalue weighted by molar-refractivity contribution is 0.400. The first-order valence-electron chi connectivity index (χ1n) is 9.27. The first-order chi connectivity index (χ1) is 13.3. The van der Waals surface area contributed by atoms with E-state index >= 15 is 0 Å². The van der Waals surface area contributed by atoms with E-state index in [1.807, 2.05) is 24.3 Å². The molecule has 0 atom stereocenters. The van der Waals surface area contributed by atoms with Crippen molar-refractivity contribution in [2.24, 2.45) is 5.92 Å². The molecule has 0 bridgehead atoms. The molecule has 0 unspecified atom stereocenters. The molecule has 1 N–H and O–H groups in total. The van der Waals surface area contributed by atoms with Crippen molar-refractivity contribution in [3.05, 3.63) is 71.4 Å². The molecular formula is C21H22ClN5. The van der Waals surface area contributed by atoms with Gasteiger partial charge in [0, 0.05) is 23.8 Å². The zero-order valence-corrected chi connectivity index (χ0v) is 15.8. The fourth-order valence-electron chi connectivity index (χ4n) is 3.49. The average Bonchev–Trinajstić information content (AvgIpc) is 2.70. The van der Waals surface area contributed by atoms with E-state index in [1.54, 1.807) is 6.20 Å². The van der Waals surface area contributed by atoms with E-state index in [9.17, 15) is 0 Å². The fourth-order valence-corrected chi connectivity index (χ4v) is 3.68. The predicted octanol–water partition coefficient (Wildman–Crippen LogP) is 4.73. The van der Waals surface area contributed by atoms with Crippen LogP contribution >= 0.6 is 11.6 Å². The van der Waals surface area contributed by atoms with E-state index in [4.69, 9.17) is 11.6 Å². The van der Waals surface area contributed by atoms with Crippen molar-refractivity contribution in [3.8, 4) is 0 Å². The SMILES string of the molecule is Clc1cccc(Nc2cnnc(N3CCC(Cc4ccccc4)CC3)n2)c1. The van der Waals surface area contributed by atoms with Crippen LogP contribution in [0.4, 0.5) is 17.5 Å². The Morgan fingerprint density at radius 1 is 1.04 bits per heavy atom. The summed E-state index contributed by atoms with van der Waals surface area (Å²) in [6, 6.07) is 18.3. The Kier molecular flexibility index (Phi) is 5.49. The Bertz CT molecular complexity index is 879. The van der Waals surface area contributed by atoms with Gasteiger partial charge in [0.25, 0.3) is 0 Å². The summed E-state index contributed by atoms with van der Waals surface area (Å²) in [4.78, 5) is 6.85. The van der Waals surface area contributed by atoms with Crippen molar-refractivity contribution in [1.82, 2.24) is 15.2 Å². The number of nitrogens with zero attached hydrogens (tertiary/aromatic N) is 4. The van der Waals surface area contributed by atoms with Gasteiger partial charge in [-0.3, -0.25) is 0 Å². The molecule has 4 rings (SSSR count). The van der Waals surface area contributed by atoms with Crippen LogP contribution in [0.2, 0.25) is 5.02 Å². The summed E-state index contributed by atoms with van der Waals surface area (Å²) in [5, 5.41) is 12.3. The summed E-state index contributed by atoms with van der Waals surface area (Å²) >= 11 is 6.04. The normalized spacial score (nSPS) is 14.9. The van der Waals surface area contributed by atoms with E-state index in [2.05, 4.69) is 55.7 Å². The predicted molar refractivity (Wildman–Crippen MR) is 110 cm³/mol. The molecule has 1 saturated heterocycles. The number of aromatic nitrogens is 3. The van der Waals surface area contributed by atoms with Gasteiger partial charge in [0.05, 0.1) is 6.20 Å². The second-order valence-electron chi connectivity index (χ2n) is 6.90. The van der Waals surface area contributed by atoms with Crippen LogP contribution in [-0.2, 0) is 6.42 Å². The van der Waals surface area contributed by atoms with Gasteiger partial charge >= 0.3 is 0 Å². The Morgan fingerprint density at radius 3 is 2.63 bits per heavy atom. The molecule has 0 aliphatic carbocycles. The molecule has 6 heteroatoms. The van der Waals surface area contributed by atoms with Crippen LogP contribution in [0.25, 0.3) is 0 Å². The lowest BCUT2D eigenvalue weighted by Gasteiger charge is -2.31. The minimum Gasteiger partial charge on any atom is -0.339 e. The molecule has 1 aromatic heterocycles. The highest BCUT2D eigenvalue weighted by atomic mass is 35.5. The van der Waals surface area contributed by atoms with E-state index < -0.39 is 0 Å². The second kappa shape index (κ2) is 8.35. The molecule has 0 spiro atoms. The minimum absolute atomic E-state index is 0.675. The first-order valence-corrected chi connectivity index (χ1v) is 9.65. The molecule has 2 heterocycles. The number of piperidine rings is 1. The van der Waals surface area contributed by atoms with Gasteiger partial charge in [0.15, 0.2) is 5.82 Å². The third-order valence-electron chi connectivity index (χ3n) is 4.91. The molecule has 3 aromatic rings. The zero-order valence-electron chi connectivity index (χ0n) is 15.1. The summed E-state index contributed by atoms with van der Waals surface area (Å²) in [5.74, 6) is 2.07. The number of hydrogen-bond acceptors (Lipinski definition) is 5. The van der Waals surface area contributed by atoms with Crippen LogP contribution in [0.1, 0.15) is 18.4 Å². The Morgan fingerprint density at radius 2 is 1.85 bits per heavy atom. The van der Waals surface area contributed by atoms with Crippen molar-refractivity contribution in [1.29, 1.82) is 0 Å². The monoisotopic (exact) mass is 379 g/mol. The van der Waals surface area contributed by atoms with Crippen molar-refractivity contribution >= 4 is 29.1 Å². The molecule has 138 valence electrons. The van der Waals surface area contributed by atoms with Gasteiger partial charge in [-0.2, -0.15) is 10.1 Å². The third-order valence-corrected chi connectivity index (χ3v) is 5.14. The fraction of sp³-hybridized carbons (Fsp3) is 0.286. The molecule has 0 saturated carbocycles. The van der Waals surface area contributed by atoms with Crippen LogP contribution < -0.4 is 10.2 Å². The number of anilines is 3. The Labute approximate surface area is 164 Å². The highest BCUT2D eigenvalue weighted by Gasteiger charge is 2.21. The molecule has 1 fully saturated rings. The quantitative estimate of drug-likeness (QED) is 0.694. The summed E-state index contributed by atoms with van der Waals surface area (Å²) in [6.07, 6.45) is 5.06. The summed E-state index contributed by atoms with van der Waals surface area (Å²) in [7, 11) is 0. The first kappa shape index (κ1) is 17.7. The summed E-state index contributed by atoms with van der Waals surface area (Å²) in [6.45, 7) is 1.92. The van der Waals surface area contributed by atoms with Crippen LogP contribution in [0.15, 0.2) is 60.8 Å². The maximum absolute atomic E-state index is 6.04. The molecule has 0 radical (unpaired) electrons. The molecule has 27 heavy (non-hydrogen) atoms. The molecule has 0 amide bonds. The number of rotatable bonds is 5. The molecular weight excluding hydrogens is 358 g/mol. The maximum Gasteiger partial charge on any atom is 0.247 e. The zero-order chi connectivity index (χ0) is 18.5. The van der Waals surface area contributed by atoms with Crippen molar-refractivity contribution in [2.75, 3.05) is 23.3 Å². The Hall–Kier alpha value is -2.66. The van der Waals surface area contributed by atoms with E-state index in [0.29, 0.717) is 22.7 Å². The van der Waals surface area contributed by atoms with Gasteiger partial charge in [0.1, 0.15) is 0 Å². The number of halogens is 1. The average molecular weight is 380 g/mol. The third kappa shape index (κ3) is 4.74. The highest BCUT2D eigenvalue weighted by Crippen LogP contribution is 2.25. The maximum atomic E-state index is 6.04. The van der Waals surface area contributed by atoms with Gasteiger partial charge in [-0.15, -0.1) is 5.10 Å². The van der Waals surface area contributed by atoms with E-state index in [-0.39, 0.29) is 0 Å². The second-order valence-corrected chi connectivity index (χ2v) is 7.33. The minimum atomic E-state index is 0.675. The van der Waals surface area contributed by atoms with E-state index in [1.165, 1.54) is 5.56 Å². The molecule has 1 aliphatic rings. The largest absolute Gasteiger partial charge is 0.339 e. The number of hydrogen-bond donors (Lipinski definition) is 1. The van der Waals surface area contributed by atoms with Crippen LogP contribution in [0.5, 0.6) is 0 Å². The lowest BCUT2D eigenvalue weighted by atomic mass is 9.90. The van der Waals surface area contributed by atoms with Crippen LogP contribution in [0, 0.1) is 5.92 Å². The van der Waals surface area contributed by atoms with Gasteiger partial charge < -0.3 is 10.2 Å². The van der Waals surface area contributed by atoms with Gasteiger partial charge in [-0.1, -0.05) is 48.0 Å².